The molecular formula is C35H31N7O5S. The number of hydrogen-bond acceptors (Lipinski definition) is 10. The molecule has 0 radical (unpaired) electrons. The van der Waals surface area contributed by atoms with Gasteiger partial charge in [0.2, 0.25) is 0 Å². The Kier molecular flexibility index (Phi) is 8.29. The third-order valence-corrected chi connectivity index (χ3v) is 9.36. The zero-order chi connectivity index (χ0) is 33.3. The second kappa shape index (κ2) is 12.9. The van der Waals surface area contributed by atoms with E-state index >= 15 is 0 Å². The molecule has 0 bridgehead atoms. The van der Waals surface area contributed by atoms with Gasteiger partial charge in [-0.2, -0.15) is 13.5 Å². The van der Waals surface area contributed by atoms with Gasteiger partial charge in [-0.15, -0.1) is 0 Å². The SMILES string of the molecule is Cc1ccc(S(=O)(=O)OCC/C=C2\CCN(c3ccc4ncnc(Nc5ccc(Oc6ccn7ncnc7c6)c(C)c5)c4c3)C2=O)cc1. The van der Waals surface area contributed by atoms with Crippen LogP contribution in [0.2, 0.25) is 0 Å². The fraction of sp³-hybridized carbons (Fsp3) is 0.171. The first kappa shape index (κ1) is 31.0. The number of amides is 1. The number of nitrogens with zero attached hydrogens (tertiary/aromatic N) is 6. The highest BCUT2D eigenvalue weighted by Crippen LogP contribution is 2.33. The number of anilines is 3. The summed E-state index contributed by atoms with van der Waals surface area (Å²) in [6, 6.07) is 21.5. The number of ether oxygens (including phenoxy) is 1. The van der Waals surface area contributed by atoms with Gasteiger partial charge in [-0.1, -0.05) is 23.8 Å². The molecule has 1 N–H and O–H groups in total. The Morgan fingerprint density at radius 3 is 2.62 bits per heavy atom. The standard InChI is InChI=1S/C35H31N7O5S/c1-23-5-9-29(10-6-23)48(44,45)46-17-3-4-25-13-15-41(35(25)43)27-8-11-31-30(19-27)34(38-21-36-31)40-26-7-12-32(24(2)18-26)47-28-14-16-42-33(20-28)37-22-39-42/h4-12,14,16,18-22H,3,13,15,17H2,1-2H3,(H,36,38,40)/b25-4+. The lowest BCUT2D eigenvalue weighted by atomic mass is 10.1. The number of hydrogen-bond donors (Lipinski definition) is 1. The molecule has 0 aliphatic carbocycles. The minimum Gasteiger partial charge on any atom is -0.457 e. The van der Waals surface area contributed by atoms with Crippen LogP contribution in [0.5, 0.6) is 11.5 Å². The van der Waals surface area contributed by atoms with Crippen molar-refractivity contribution in [3.8, 4) is 11.5 Å². The van der Waals surface area contributed by atoms with Gasteiger partial charge in [0.25, 0.3) is 16.0 Å². The van der Waals surface area contributed by atoms with E-state index in [1.807, 2.05) is 62.4 Å². The van der Waals surface area contributed by atoms with Crippen molar-refractivity contribution in [1.82, 2.24) is 24.6 Å². The molecule has 242 valence electrons. The molecule has 0 atom stereocenters. The Morgan fingerprint density at radius 1 is 0.938 bits per heavy atom. The molecule has 1 saturated heterocycles. The van der Waals surface area contributed by atoms with E-state index in [1.54, 1.807) is 33.8 Å². The number of carbonyl (C=O) groups is 1. The van der Waals surface area contributed by atoms with Crippen LogP contribution in [0.3, 0.4) is 0 Å². The predicted molar refractivity (Wildman–Crippen MR) is 181 cm³/mol. The van der Waals surface area contributed by atoms with E-state index < -0.39 is 10.1 Å². The molecule has 1 aliphatic rings. The van der Waals surface area contributed by atoms with Crippen molar-refractivity contribution >= 4 is 49.8 Å². The van der Waals surface area contributed by atoms with Gasteiger partial charge >= 0.3 is 0 Å². The number of rotatable bonds is 10. The van der Waals surface area contributed by atoms with Crippen molar-refractivity contribution in [2.75, 3.05) is 23.4 Å². The monoisotopic (exact) mass is 661 g/mol. The first-order chi connectivity index (χ1) is 23.2. The summed E-state index contributed by atoms with van der Waals surface area (Å²) in [5.41, 5.74) is 5.45. The van der Waals surface area contributed by atoms with Gasteiger partial charge in [0, 0.05) is 41.1 Å². The molecular weight excluding hydrogens is 630 g/mol. The number of aromatic nitrogens is 5. The maximum Gasteiger partial charge on any atom is 0.296 e. The molecule has 3 aromatic heterocycles. The lowest BCUT2D eigenvalue weighted by molar-refractivity contribution is -0.114. The second-order valence-electron chi connectivity index (χ2n) is 11.4. The van der Waals surface area contributed by atoms with Gasteiger partial charge in [0.15, 0.2) is 5.65 Å². The van der Waals surface area contributed by atoms with Crippen LogP contribution in [0.25, 0.3) is 16.6 Å². The number of benzene rings is 3. The van der Waals surface area contributed by atoms with E-state index in [0.29, 0.717) is 47.9 Å². The molecule has 1 fully saturated rings. The van der Waals surface area contributed by atoms with Crippen LogP contribution >= 0.6 is 0 Å². The lowest BCUT2D eigenvalue weighted by Gasteiger charge is -2.17. The molecule has 1 amide bonds. The van der Waals surface area contributed by atoms with Crippen molar-refractivity contribution in [1.29, 1.82) is 0 Å². The largest absolute Gasteiger partial charge is 0.457 e. The molecule has 4 heterocycles. The van der Waals surface area contributed by atoms with Crippen LogP contribution in [0.15, 0.2) is 108 Å². The summed E-state index contributed by atoms with van der Waals surface area (Å²) in [4.78, 5) is 28.3. The zero-order valence-electron chi connectivity index (χ0n) is 26.2. The summed E-state index contributed by atoms with van der Waals surface area (Å²) in [7, 11) is -3.86. The Labute approximate surface area is 276 Å². The van der Waals surface area contributed by atoms with Crippen LogP contribution < -0.4 is 15.0 Å². The molecule has 7 rings (SSSR count). The highest BCUT2D eigenvalue weighted by Gasteiger charge is 2.27. The predicted octanol–water partition coefficient (Wildman–Crippen LogP) is 6.28. The van der Waals surface area contributed by atoms with Crippen LogP contribution in [0.1, 0.15) is 24.0 Å². The Balaban J connectivity index is 1.03. The van der Waals surface area contributed by atoms with E-state index in [1.165, 1.54) is 24.8 Å². The zero-order valence-corrected chi connectivity index (χ0v) is 27.0. The summed E-state index contributed by atoms with van der Waals surface area (Å²) in [5, 5.41) is 8.26. The molecule has 48 heavy (non-hydrogen) atoms. The number of nitrogens with one attached hydrogen (secondary N) is 1. The number of pyridine rings is 1. The Bertz CT molecular complexity index is 2300. The second-order valence-corrected chi connectivity index (χ2v) is 13.0. The number of carbonyl (C=O) groups excluding carboxylic acids is 1. The van der Waals surface area contributed by atoms with Gasteiger partial charge in [0.05, 0.1) is 17.0 Å². The fourth-order valence-corrected chi connectivity index (χ4v) is 6.41. The average Bonchev–Trinajstić information content (AvgIpc) is 3.70. The quantitative estimate of drug-likeness (QED) is 0.101. The third kappa shape index (κ3) is 6.46. The molecule has 0 spiro atoms. The third-order valence-electron chi connectivity index (χ3n) is 8.03. The number of aryl methyl sites for hydroxylation is 2. The minimum absolute atomic E-state index is 0.0548. The van der Waals surface area contributed by atoms with Crippen LogP contribution in [0, 0.1) is 13.8 Å². The van der Waals surface area contributed by atoms with E-state index in [-0.39, 0.29) is 17.4 Å². The maximum atomic E-state index is 13.3. The van der Waals surface area contributed by atoms with Crippen LogP contribution in [-0.2, 0) is 19.1 Å². The summed E-state index contributed by atoms with van der Waals surface area (Å²) < 4.78 is 37.9. The first-order valence-corrected chi connectivity index (χ1v) is 16.7. The summed E-state index contributed by atoms with van der Waals surface area (Å²) in [5.74, 6) is 1.83. The molecule has 6 aromatic rings. The average molecular weight is 662 g/mol. The van der Waals surface area contributed by atoms with Gasteiger partial charge in [-0.25, -0.2) is 19.5 Å². The first-order valence-electron chi connectivity index (χ1n) is 15.3. The van der Waals surface area contributed by atoms with Crippen molar-refractivity contribution < 1.29 is 22.1 Å². The van der Waals surface area contributed by atoms with E-state index in [4.69, 9.17) is 8.92 Å². The van der Waals surface area contributed by atoms with Crippen LogP contribution in [-0.4, -0.2) is 52.0 Å². The van der Waals surface area contributed by atoms with E-state index in [0.717, 1.165) is 33.4 Å². The number of fused-ring (bicyclic) bond motifs is 2. The van der Waals surface area contributed by atoms with Crippen molar-refractivity contribution in [3.63, 3.8) is 0 Å². The van der Waals surface area contributed by atoms with Crippen molar-refractivity contribution in [2.24, 2.45) is 0 Å². The molecule has 12 nitrogen and oxygen atoms in total. The Morgan fingerprint density at radius 2 is 1.79 bits per heavy atom. The lowest BCUT2D eigenvalue weighted by Crippen LogP contribution is -2.24. The summed E-state index contributed by atoms with van der Waals surface area (Å²) in [6.45, 7) is 4.29. The molecule has 1 aliphatic heterocycles. The van der Waals surface area contributed by atoms with Crippen molar-refractivity contribution in [2.45, 2.75) is 31.6 Å². The topological polar surface area (TPSA) is 141 Å². The maximum absolute atomic E-state index is 13.3. The highest BCUT2D eigenvalue weighted by atomic mass is 32.2. The Hall–Kier alpha value is -5.66. The van der Waals surface area contributed by atoms with Gasteiger partial charge < -0.3 is 15.0 Å². The summed E-state index contributed by atoms with van der Waals surface area (Å²) >= 11 is 0. The molecule has 13 heteroatoms. The normalized spacial score (nSPS) is 14.3. The highest BCUT2D eigenvalue weighted by molar-refractivity contribution is 7.86. The van der Waals surface area contributed by atoms with Crippen molar-refractivity contribution in [3.05, 3.63) is 114 Å². The van der Waals surface area contributed by atoms with E-state index in [2.05, 4.69) is 25.4 Å². The molecule has 0 saturated carbocycles. The van der Waals surface area contributed by atoms with Gasteiger partial charge in [-0.05, 0) is 86.8 Å². The fourth-order valence-electron chi connectivity index (χ4n) is 5.49. The van der Waals surface area contributed by atoms with E-state index in [9.17, 15) is 13.2 Å². The summed E-state index contributed by atoms with van der Waals surface area (Å²) in [6.07, 6.45) is 7.37. The van der Waals surface area contributed by atoms with Gasteiger partial charge in [0.1, 0.15) is 30.0 Å². The van der Waals surface area contributed by atoms with Crippen LogP contribution in [0.4, 0.5) is 17.2 Å². The minimum atomic E-state index is -3.86. The van der Waals surface area contributed by atoms with Gasteiger partial charge in [-0.3, -0.25) is 8.98 Å². The smallest absolute Gasteiger partial charge is 0.296 e. The molecule has 0 unspecified atom stereocenters. The molecule has 3 aromatic carbocycles.